The Morgan fingerprint density at radius 3 is 2.75 bits per heavy atom. The van der Waals surface area contributed by atoms with E-state index in [0.29, 0.717) is 0 Å². The van der Waals surface area contributed by atoms with E-state index in [1.54, 1.807) is 12.3 Å². The molecule has 0 spiro atoms. The second-order valence-corrected chi connectivity index (χ2v) is 5.96. The normalized spacial score (nSPS) is 17.1. The van der Waals surface area contributed by atoms with Crippen molar-refractivity contribution in [1.82, 2.24) is 0 Å². The molecule has 0 saturated heterocycles. The topological polar surface area (TPSA) is 49.7 Å². The fourth-order valence-electron chi connectivity index (χ4n) is 3.09. The van der Waals surface area contributed by atoms with Crippen molar-refractivity contribution < 1.29 is 9.90 Å². The minimum atomic E-state index is -0.345. The molecule has 2 aromatic rings. The Morgan fingerprint density at radius 1 is 1.25 bits per heavy atom. The van der Waals surface area contributed by atoms with Crippen molar-refractivity contribution in [2.24, 2.45) is 4.99 Å². The van der Waals surface area contributed by atoms with E-state index >= 15 is 0 Å². The molecule has 1 amide bonds. The maximum atomic E-state index is 11.8. The van der Waals surface area contributed by atoms with Gasteiger partial charge in [-0.05, 0) is 41.1 Å². The summed E-state index contributed by atoms with van der Waals surface area (Å²) in [7, 11) is 0. The van der Waals surface area contributed by atoms with Crippen LogP contribution in [0.3, 0.4) is 0 Å². The Hall–Kier alpha value is -2.16. The Labute approximate surface area is 118 Å². The lowest BCUT2D eigenvalue weighted by molar-refractivity contribution is -0.117. The van der Waals surface area contributed by atoms with Gasteiger partial charge in [-0.3, -0.25) is 4.79 Å². The number of fused-ring (bicyclic) bond motifs is 4. The first-order valence-electron chi connectivity index (χ1n) is 6.73. The lowest BCUT2D eigenvalue weighted by atomic mass is 9.77. The van der Waals surface area contributed by atoms with Crippen LogP contribution >= 0.6 is 0 Å². The summed E-state index contributed by atoms with van der Waals surface area (Å²) >= 11 is 0. The summed E-state index contributed by atoms with van der Waals surface area (Å²) in [5, 5.41) is 11.9. The van der Waals surface area contributed by atoms with Gasteiger partial charge < -0.3 is 5.11 Å². The van der Waals surface area contributed by atoms with Gasteiger partial charge in [0, 0.05) is 17.0 Å². The van der Waals surface area contributed by atoms with Crippen LogP contribution in [0.1, 0.15) is 30.5 Å². The molecule has 0 radical (unpaired) electrons. The van der Waals surface area contributed by atoms with Gasteiger partial charge in [-0.25, -0.2) is 4.99 Å². The Balaban J connectivity index is 2.50. The second-order valence-electron chi connectivity index (χ2n) is 5.96. The van der Waals surface area contributed by atoms with E-state index in [9.17, 15) is 9.90 Å². The molecular formula is C17H17NO2. The van der Waals surface area contributed by atoms with Crippen LogP contribution in [-0.2, 0) is 16.6 Å². The van der Waals surface area contributed by atoms with Crippen molar-refractivity contribution >= 4 is 22.9 Å². The van der Waals surface area contributed by atoms with Gasteiger partial charge in [0.2, 0.25) is 5.91 Å². The number of aliphatic imine (C=N–C) groups is 1. The van der Waals surface area contributed by atoms with Crippen molar-refractivity contribution in [3.63, 3.8) is 0 Å². The van der Waals surface area contributed by atoms with Crippen molar-refractivity contribution in [1.29, 1.82) is 0 Å². The van der Waals surface area contributed by atoms with E-state index in [2.05, 4.69) is 4.99 Å². The molecule has 1 aliphatic rings. The number of rotatable bonds is 0. The van der Waals surface area contributed by atoms with Gasteiger partial charge in [0.05, 0.1) is 6.42 Å². The molecule has 3 rings (SSSR count). The monoisotopic (exact) mass is 267 g/mol. The van der Waals surface area contributed by atoms with E-state index in [-0.39, 0.29) is 23.5 Å². The van der Waals surface area contributed by atoms with E-state index < -0.39 is 0 Å². The number of hydrogen-bond acceptors (Lipinski definition) is 2. The molecule has 0 aromatic heterocycles. The molecule has 3 nitrogen and oxygen atoms in total. The Morgan fingerprint density at radius 2 is 2.00 bits per heavy atom. The first-order valence-corrected chi connectivity index (χ1v) is 6.73. The number of nitrogens with zero attached hydrogens (tertiary/aromatic N) is 1. The molecule has 0 atom stereocenters. The molecule has 1 N–H and O–H groups in total. The van der Waals surface area contributed by atoms with Crippen LogP contribution in [0.25, 0.3) is 10.8 Å². The van der Waals surface area contributed by atoms with E-state index in [0.717, 1.165) is 27.5 Å². The molecule has 20 heavy (non-hydrogen) atoms. The Bertz CT molecular complexity index is 757. The number of carbonyl (C=O) groups excluding carboxylic acids is 1. The summed E-state index contributed by atoms with van der Waals surface area (Å²) in [5.74, 6) is 0.118. The fourth-order valence-corrected chi connectivity index (χ4v) is 3.09. The quantitative estimate of drug-likeness (QED) is 0.796. The van der Waals surface area contributed by atoms with Crippen LogP contribution in [0.15, 0.2) is 29.3 Å². The summed E-state index contributed by atoms with van der Waals surface area (Å²) in [4.78, 5) is 15.9. The zero-order valence-electron chi connectivity index (χ0n) is 11.9. The average molecular weight is 267 g/mol. The number of aromatic hydroxyl groups is 1. The van der Waals surface area contributed by atoms with Crippen LogP contribution in [0.4, 0.5) is 0 Å². The van der Waals surface area contributed by atoms with Crippen LogP contribution in [0.2, 0.25) is 0 Å². The van der Waals surface area contributed by atoms with Gasteiger partial charge in [0.1, 0.15) is 5.75 Å². The second kappa shape index (κ2) is 4.17. The van der Waals surface area contributed by atoms with E-state index in [1.165, 1.54) is 0 Å². The maximum absolute atomic E-state index is 11.8. The van der Waals surface area contributed by atoms with Crippen LogP contribution in [0.5, 0.6) is 5.75 Å². The third-order valence-electron chi connectivity index (χ3n) is 4.04. The molecular weight excluding hydrogens is 250 g/mol. The van der Waals surface area contributed by atoms with Crippen molar-refractivity contribution in [3.05, 3.63) is 41.0 Å². The highest BCUT2D eigenvalue weighted by Gasteiger charge is 2.27. The molecule has 2 bridgehead atoms. The molecule has 0 fully saturated rings. The number of hydrogen-bond donors (Lipinski definition) is 1. The van der Waals surface area contributed by atoms with Crippen LogP contribution < -0.4 is 0 Å². The largest absolute Gasteiger partial charge is 0.507 e. The van der Waals surface area contributed by atoms with Gasteiger partial charge in [-0.2, -0.15) is 0 Å². The molecule has 2 aromatic carbocycles. The van der Waals surface area contributed by atoms with Crippen LogP contribution in [-0.4, -0.2) is 17.2 Å². The van der Waals surface area contributed by atoms with Crippen molar-refractivity contribution in [2.45, 2.75) is 32.6 Å². The summed E-state index contributed by atoms with van der Waals surface area (Å²) in [5.41, 5.74) is 2.86. The van der Waals surface area contributed by atoms with Gasteiger partial charge >= 0.3 is 0 Å². The van der Waals surface area contributed by atoms with Gasteiger partial charge in [0.15, 0.2) is 0 Å². The maximum Gasteiger partial charge on any atom is 0.249 e. The zero-order chi connectivity index (χ0) is 14.5. The minimum Gasteiger partial charge on any atom is -0.507 e. The number of phenols is 1. The van der Waals surface area contributed by atoms with Crippen molar-refractivity contribution in [3.8, 4) is 5.75 Å². The molecule has 0 aliphatic carbocycles. The lowest BCUT2D eigenvalue weighted by Crippen LogP contribution is -2.24. The van der Waals surface area contributed by atoms with Gasteiger partial charge in [0.25, 0.3) is 0 Å². The SMILES string of the molecule is Cc1c2cc3c(O)cccc3c1C(C)(C)C=NC(=O)C2. The number of amides is 1. The smallest absolute Gasteiger partial charge is 0.249 e. The van der Waals surface area contributed by atoms with Crippen molar-refractivity contribution in [2.75, 3.05) is 0 Å². The average Bonchev–Trinajstić information content (AvgIpc) is 2.37. The lowest BCUT2D eigenvalue weighted by Gasteiger charge is -2.28. The third kappa shape index (κ3) is 1.82. The van der Waals surface area contributed by atoms with E-state index in [4.69, 9.17) is 0 Å². The van der Waals surface area contributed by atoms with Crippen LogP contribution in [0, 0.1) is 6.92 Å². The molecule has 1 aliphatic heterocycles. The first-order chi connectivity index (χ1) is 9.40. The number of carbonyl (C=O) groups is 1. The molecule has 0 unspecified atom stereocenters. The summed E-state index contributed by atoms with van der Waals surface area (Å²) < 4.78 is 0. The highest BCUT2D eigenvalue weighted by atomic mass is 16.3. The third-order valence-corrected chi connectivity index (χ3v) is 4.04. The highest BCUT2D eigenvalue weighted by molar-refractivity contribution is 6.00. The predicted molar refractivity (Wildman–Crippen MR) is 80.6 cm³/mol. The van der Waals surface area contributed by atoms with Gasteiger partial charge in [-0.15, -0.1) is 0 Å². The summed E-state index contributed by atoms with van der Waals surface area (Å²) in [6.45, 7) is 6.14. The summed E-state index contributed by atoms with van der Waals surface area (Å²) in [6, 6.07) is 7.46. The predicted octanol–water partition coefficient (Wildman–Crippen LogP) is 3.28. The minimum absolute atomic E-state index is 0.137. The molecule has 1 heterocycles. The molecule has 0 saturated carbocycles. The fraction of sp³-hybridized carbons (Fsp3) is 0.294. The number of phenolic OH excluding ortho intramolecular Hbond substituents is 1. The van der Waals surface area contributed by atoms with E-state index in [1.807, 2.05) is 39.0 Å². The molecule has 102 valence electrons. The zero-order valence-corrected chi connectivity index (χ0v) is 11.9. The standard InChI is InChI=1S/C17H17NO2/c1-10-11-7-13-12(5-4-6-14(13)19)16(10)17(2,3)9-18-15(20)8-11/h4-7,9,19H,8H2,1-3H3. The van der Waals surface area contributed by atoms with Gasteiger partial charge in [-0.1, -0.05) is 26.0 Å². The first kappa shape index (κ1) is 12.9. The highest BCUT2D eigenvalue weighted by Crippen LogP contribution is 2.38. The summed E-state index contributed by atoms with van der Waals surface area (Å²) in [6.07, 6.45) is 2.01. The Kier molecular flexibility index (Phi) is 2.68. The number of benzene rings is 2. The molecule has 3 heteroatoms.